The number of nitrogens with zero attached hydrogens (tertiary/aromatic N) is 2. The lowest BCUT2D eigenvalue weighted by atomic mass is 9.81. The zero-order valence-electron chi connectivity index (χ0n) is 35.6. The van der Waals surface area contributed by atoms with E-state index in [9.17, 15) is 38.4 Å². The molecule has 6 amide bonds. The van der Waals surface area contributed by atoms with Gasteiger partial charge in [-0.1, -0.05) is 65.1 Å². The highest BCUT2D eigenvalue weighted by atomic mass is 16.5. The molecule has 2 heterocycles. The van der Waals surface area contributed by atoms with Crippen LogP contribution in [0.15, 0.2) is 72.8 Å². The summed E-state index contributed by atoms with van der Waals surface area (Å²) in [4.78, 5) is 111. The van der Waals surface area contributed by atoms with Crippen molar-refractivity contribution in [1.29, 1.82) is 0 Å². The number of ether oxygens (including phenoxy) is 2. The fraction of sp³-hybridized carbons (Fsp3) is 0.333. The molecule has 2 aliphatic rings. The van der Waals surface area contributed by atoms with E-state index >= 15 is 0 Å². The minimum atomic E-state index is -1.23. The Labute approximate surface area is 357 Å². The van der Waals surface area contributed by atoms with Crippen molar-refractivity contribution in [1.82, 2.24) is 20.4 Å². The van der Waals surface area contributed by atoms with Crippen molar-refractivity contribution in [3.05, 3.63) is 95.1 Å². The molecule has 2 N–H and O–H groups in total. The Kier molecular flexibility index (Phi) is 11.7. The summed E-state index contributed by atoms with van der Waals surface area (Å²) in [6.07, 6.45) is 0.291. The van der Waals surface area contributed by atoms with Gasteiger partial charge in [0.1, 0.15) is 25.3 Å². The van der Waals surface area contributed by atoms with Crippen LogP contribution in [0.1, 0.15) is 95.8 Å². The largest absolute Gasteiger partial charge is 0.462 e. The molecule has 14 nitrogen and oxygen atoms in total. The van der Waals surface area contributed by atoms with Gasteiger partial charge in [0.15, 0.2) is 0 Å². The molecule has 0 aromatic heterocycles. The number of esters is 2. The number of carbonyl (C=O) groups excluding carboxylic acids is 8. The van der Waals surface area contributed by atoms with Crippen molar-refractivity contribution in [3.8, 4) is 0 Å². The lowest BCUT2D eigenvalue weighted by molar-refractivity contribution is -0.149. The third kappa shape index (κ3) is 7.43. The Morgan fingerprint density at radius 2 is 0.806 bits per heavy atom. The topological polar surface area (TPSA) is 186 Å². The molecule has 0 saturated heterocycles. The van der Waals surface area contributed by atoms with Gasteiger partial charge in [0.05, 0.1) is 13.1 Å². The van der Waals surface area contributed by atoms with Crippen LogP contribution in [-0.4, -0.2) is 95.6 Å². The minimum Gasteiger partial charge on any atom is -0.462 e. The molecule has 2 unspecified atom stereocenters. The van der Waals surface area contributed by atoms with Crippen LogP contribution in [0.2, 0.25) is 0 Å². The summed E-state index contributed by atoms with van der Waals surface area (Å²) in [6.45, 7) is 17.4. The van der Waals surface area contributed by atoms with Gasteiger partial charge >= 0.3 is 11.9 Å². The maximum absolute atomic E-state index is 14.4. The van der Waals surface area contributed by atoms with Crippen LogP contribution >= 0.6 is 0 Å². The van der Waals surface area contributed by atoms with Crippen molar-refractivity contribution in [2.75, 3.05) is 26.3 Å². The highest BCUT2D eigenvalue weighted by molar-refractivity contribution is 6.41. The number of rotatable bonds is 16. The molecule has 0 aliphatic carbocycles. The predicted molar refractivity (Wildman–Crippen MR) is 233 cm³/mol. The van der Waals surface area contributed by atoms with E-state index < -0.39 is 47.7 Å². The minimum absolute atomic E-state index is 0.0200. The normalized spacial score (nSPS) is 14.6. The number of hydrogen-bond acceptors (Lipinski definition) is 10. The molecule has 0 fully saturated rings. The van der Waals surface area contributed by atoms with Gasteiger partial charge in [-0.05, 0) is 95.1 Å². The number of imide groups is 2. The van der Waals surface area contributed by atoms with Crippen molar-refractivity contribution in [2.24, 2.45) is 11.8 Å². The van der Waals surface area contributed by atoms with Gasteiger partial charge in [-0.25, -0.2) is 9.59 Å². The van der Waals surface area contributed by atoms with Gasteiger partial charge in [0.2, 0.25) is 11.8 Å². The number of amides is 6. The van der Waals surface area contributed by atoms with Crippen LogP contribution in [0, 0.1) is 11.8 Å². The fourth-order valence-electron chi connectivity index (χ4n) is 8.51. The summed E-state index contributed by atoms with van der Waals surface area (Å²) in [6, 6.07) is 11.1. The van der Waals surface area contributed by atoms with E-state index in [2.05, 4.69) is 23.8 Å². The van der Waals surface area contributed by atoms with Gasteiger partial charge < -0.3 is 20.1 Å². The summed E-state index contributed by atoms with van der Waals surface area (Å²) in [7, 11) is 0. The summed E-state index contributed by atoms with van der Waals surface area (Å²) in [5.74, 6) is -5.12. The van der Waals surface area contributed by atoms with Gasteiger partial charge in [-0.15, -0.1) is 0 Å². The number of fused-ring (bicyclic) bond motifs is 2. The first-order chi connectivity index (χ1) is 29.4. The van der Waals surface area contributed by atoms with Crippen LogP contribution < -0.4 is 10.6 Å². The fourth-order valence-corrected chi connectivity index (χ4v) is 8.51. The number of hydrogen-bond donors (Lipinski definition) is 2. The van der Waals surface area contributed by atoms with E-state index in [1.165, 1.54) is 0 Å². The molecule has 62 heavy (non-hydrogen) atoms. The molecule has 320 valence electrons. The molecule has 5 aromatic rings. The third-order valence-electron chi connectivity index (χ3n) is 11.3. The average molecular weight is 841 g/mol. The Balaban J connectivity index is 1.26. The van der Waals surface area contributed by atoms with Crippen LogP contribution in [-0.2, 0) is 28.7 Å². The first kappa shape index (κ1) is 43.1. The quantitative estimate of drug-likeness (QED) is 0.0288. The second kappa shape index (κ2) is 16.8. The molecule has 0 saturated carbocycles. The monoisotopic (exact) mass is 840 g/mol. The highest BCUT2D eigenvalue weighted by Crippen LogP contribution is 2.47. The van der Waals surface area contributed by atoms with Crippen LogP contribution in [0.3, 0.4) is 0 Å². The summed E-state index contributed by atoms with van der Waals surface area (Å²) in [5, 5.41) is 10.1. The molecule has 7 rings (SSSR count). The van der Waals surface area contributed by atoms with E-state index in [1.54, 1.807) is 62.4 Å². The van der Waals surface area contributed by atoms with E-state index in [4.69, 9.17) is 9.47 Å². The molecule has 0 spiro atoms. The van der Waals surface area contributed by atoms with Crippen molar-refractivity contribution >= 4 is 90.5 Å². The van der Waals surface area contributed by atoms with Gasteiger partial charge in [-0.2, -0.15) is 0 Å². The van der Waals surface area contributed by atoms with E-state index in [1.807, 2.05) is 27.7 Å². The van der Waals surface area contributed by atoms with Gasteiger partial charge in [-0.3, -0.25) is 38.6 Å². The molecule has 5 aromatic carbocycles. The summed E-state index contributed by atoms with van der Waals surface area (Å²) < 4.78 is 11.0. The van der Waals surface area contributed by atoms with Crippen LogP contribution in [0.4, 0.5) is 0 Å². The summed E-state index contributed by atoms with van der Waals surface area (Å²) in [5.41, 5.74) is 1.51. The van der Waals surface area contributed by atoms with E-state index in [-0.39, 0.29) is 85.0 Å². The van der Waals surface area contributed by atoms with Crippen molar-refractivity contribution in [3.63, 3.8) is 0 Å². The molecule has 0 bridgehead atoms. The Hall–Kier alpha value is -6.96. The van der Waals surface area contributed by atoms with E-state index in [0.29, 0.717) is 54.2 Å². The molecular formula is C48H48N4O10. The second-order valence-corrected chi connectivity index (χ2v) is 16.8. The average Bonchev–Trinajstić information content (AvgIpc) is 3.22. The second-order valence-electron chi connectivity index (χ2n) is 16.8. The van der Waals surface area contributed by atoms with Gasteiger partial charge in [0.25, 0.3) is 23.6 Å². The van der Waals surface area contributed by atoms with Crippen molar-refractivity contribution in [2.45, 2.75) is 66.5 Å². The zero-order chi connectivity index (χ0) is 44.9. The Morgan fingerprint density at radius 1 is 0.516 bits per heavy atom. The van der Waals surface area contributed by atoms with E-state index in [0.717, 1.165) is 9.80 Å². The smallest absolute Gasteiger partial charge is 0.329 e. The molecular weight excluding hydrogens is 793 g/mol. The predicted octanol–water partition coefficient (Wildman–Crippen LogP) is 6.23. The standard InChI is InChI=1S/C48H48N4O10/c1-23(2)21-35(47(59)61-19-17-49-41(53)25(5)6)51-43(55)31-13-9-27-29-11-15-33-40-34(16-12-30(38(29)40)28-10-14-32(44(51)56)39(31)37(27)28)46(58)52(45(33)57)36(22-24(3)4)48(60)62-20-18-50-42(54)26(7)8/h9-16,23-24,35-36H,5,7,17-22H2,1-4,6,8H3,(H,49,53)(H,50,54). The molecule has 2 aliphatic heterocycles. The number of nitrogens with one attached hydrogen (secondary N) is 2. The number of benzene rings is 5. The lowest BCUT2D eigenvalue weighted by Gasteiger charge is -2.34. The molecule has 14 heteroatoms. The Morgan fingerprint density at radius 3 is 1.06 bits per heavy atom. The molecule has 2 atom stereocenters. The maximum Gasteiger partial charge on any atom is 0.329 e. The lowest BCUT2D eigenvalue weighted by Crippen LogP contribution is -2.52. The highest BCUT2D eigenvalue weighted by Gasteiger charge is 2.44. The van der Waals surface area contributed by atoms with Gasteiger partial charge in [0, 0.05) is 44.2 Å². The first-order valence-electron chi connectivity index (χ1n) is 20.6. The third-order valence-corrected chi connectivity index (χ3v) is 11.3. The SMILES string of the molecule is C=C(C)C(=O)NCCOC(=O)C(CC(C)C)N1C(=O)c2ccc3c4ccc5c6c(ccc(c7ccc(c2c37)C1=O)c64)C(=O)N(C(CC(C)C)C(=O)OCCNC(=O)C(=C)C)C5=O. The van der Waals surface area contributed by atoms with Crippen LogP contribution in [0.25, 0.3) is 43.1 Å². The summed E-state index contributed by atoms with van der Waals surface area (Å²) >= 11 is 0. The number of carbonyl (C=O) groups is 8. The first-order valence-corrected chi connectivity index (χ1v) is 20.6. The van der Waals surface area contributed by atoms with Crippen LogP contribution in [0.5, 0.6) is 0 Å². The Bertz CT molecular complexity index is 2490. The van der Waals surface area contributed by atoms with Crippen molar-refractivity contribution < 1.29 is 47.8 Å². The maximum atomic E-state index is 14.4. The molecule has 0 radical (unpaired) electrons. The zero-order valence-corrected chi connectivity index (χ0v) is 35.6.